The van der Waals surface area contributed by atoms with Crippen molar-refractivity contribution in [3.63, 3.8) is 0 Å². The lowest BCUT2D eigenvalue weighted by atomic mass is 9.77. The van der Waals surface area contributed by atoms with Gasteiger partial charge >= 0.3 is 0 Å². The van der Waals surface area contributed by atoms with Crippen molar-refractivity contribution in [1.29, 1.82) is 0 Å². The second kappa shape index (κ2) is 4.08. The summed E-state index contributed by atoms with van der Waals surface area (Å²) in [6.07, 6.45) is 3.39. The maximum Gasteiger partial charge on any atom is 0.154 e. The van der Waals surface area contributed by atoms with E-state index in [4.69, 9.17) is 0 Å². The van der Waals surface area contributed by atoms with Crippen LogP contribution in [0.4, 0.5) is 0 Å². The van der Waals surface area contributed by atoms with Crippen molar-refractivity contribution in [2.75, 3.05) is 0 Å². The first-order valence-electron chi connectivity index (χ1n) is 5.46. The van der Waals surface area contributed by atoms with Gasteiger partial charge in [0.05, 0.1) is 0 Å². The molecule has 1 heterocycles. The van der Waals surface area contributed by atoms with E-state index in [2.05, 4.69) is 22.4 Å². The summed E-state index contributed by atoms with van der Waals surface area (Å²) in [6.45, 7) is 2.16. The summed E-state index contributed by atoms with van der Waals surface area (Å²) in [6, 6.07) is 0. The molecular weight excluding hydrogens is 192 g/mol. The van der Waals surface area contributed by atoms with Crippen LogP contribution in [0, 0.1) is 5.92 Å². The summed E-state index contributed by atoms with van der Waals surface area (Å²) < 4.78 is 1.69. The third-order valence-electron chi connectivity index (χ3n) is 3.32. The van der Waals surface area contributed by atoms with Gasteiger partial charge in [-0.1, -0.05) is 13.3 Å². The van der Waals surface area contributed by atoms with Crippen LogP contribution in [-0.2, 0) is 11.8 Å². The first kappa shape index (κ1) is 10.3. The number of aryl methyl sites for hydroxylation is 1. The number of ketones is 1. The minimum atomic E-state index is 0.219. The van der Waals surface area contributed by atoms with Crippen LogP contribution in [0.1, 0.15) is 44.3 Å². The van der Waals surface area contributed by atoms with Gasteiger partial charge in [0, 0.05) is 25.8 Å². The number of nitrogens with zero attached hydrogens (tertiary/aromatic N) is 4. The number of rotatable bonds is 2. The van der Waals surface area contributed by atoms with E-state index in [-0.39, 0.29) is 5.92 Å². The van der Waals surface area contributed by atoms with Gasteiger partial charge in [0.25, 0.3) is 0 Å². The number of hydrogen-bond acceptors (Lipinski definition) is 4. The Bertz CT molecular complexity index is 360. The molecule has 0 spiro atoms. The first-order chi connectivity index (χ1) is 7.22. The van der Waals surface area contributed by atoms with Gasteiger partial charge in [0.15, 0.2) is 5.82 Å². The highest BCUT2D eigenvalue weighted by Crippen LogP contribution is 2.36. The fraction of sp³-hybridized carbons (Fsp3) is 0.800. The Morgan fingerprint density at radius 3 is 2.93 bits per heavy atom. The molecular formula is C10H16N4O. The number of carbonyl (C=O) groups is 1. The Hall–Kier alpha value is -1.26. The molecule has 0 radical (unpaired) electrons. The molecule has 2 rings (SSSR count). The molecule has 0 N–H and O–H groups in total. The van der Waals surface area contributed by atoms with E-state index in [1.807, 2.05) is 7.05 Å². The van der Waals surface area contributed by atoms with Crippen LogP contribution in [0.15, 0.2) is 0 Å². The smallest absolute Gasteiger partial charge is 0.154 e. The third-order valence-corrected chi connectivity index (χ3v) is 3.32. The maximum atomic E-state index is 11.5. The standard InChI is InChI=1S/C10H16N4O/c1-3-7-4-5-8(15)6-9(7)10-11-12-13-14(10)2/h7,9H,3-6H2,1-2H3. The highest BCUT2D eigenvalue weighted by Gasteiger charge is 2.32. The number of aromatic nitrogens is 4. The van der Waals surface area contributed by atoms with E-state index in [1.54, 1.807) is 4.68 Å². The fourth-order valence-corrected chi connectivity index (χ4v) is 2.40. The van der Waals surface area contributed by atoms with Gasteiger partial charge < -0.3 is 0 Å². The van der Waals surface area contributed by atoms with Crippen LogP contribution in [-0.4, -0.2) is 26.0 Å². The highest BCUT2D eigenvalue weighted by atomic mass is 16.1. The van der Waals surface area contributed by atoms with E-state index in [0.29, 0.717) is 18.1 Å². The normalized spacial score (nSPS) is 26.9. The molecule has 15 heavy (non-hydrogen) atoms. The minimum absolute atomic E-state index is 0.219. The second-order valence-corrected chi connectivity index (χ2v) is 4.22. The SMILES string of the molecule is CCC1CCC(=O)CC1c1nnnn1C. The number of tetrazole rings is 1. The van der Waals surface area contributed by atoms with Gasteiger partial charge in [-0.2, -0.15) is 0 Å². The van der Waals surface area contributed by atoms with Gasteiger partial charge in [-0.3, -0.25) is 4.79 Å². The molecule has 1 aromatic rings. The molecule has 0 aliphatic heterocycles. The molecule has 2 unspecified atom stereocenters. The predicted octanol–water partition coefficient (Wildman–Crippen LogP) is 1.07. The van der Waals surface area contributed by atoms with Gasteiger partial charge in [0.2, 0.25) is 0 Å². The van der Waals surface area contributed by atoms with E-state index < -0.39 is 0 Å². The van der Waals surface area contributed by atoms with Crippen LogP contribution >= 0.6 is 0 Å². The van der Waals surface area contributed by atoms with Crippen LogP contribution < -0.4 is 0 Å². The molecule has 1 aliphatic rings. The van der Waals surface area contributed by atoms with Gasteiger partial charge in [-0.15, -0.1) is 5.10 Å². The van der Waals surface area contributed by atoms with E-state index in [0.717, 1.165) is 25.1 Å². The Kier molecular flexibility index (Phi) is 2.79. The molecule has 0 aromatic carbocycles. The molecule has 0 saturated heterocycles. The molecule has 5 heteroatoms. The van der Waals surface area contributed by atoms with Gasteiger partial charge in [0.1, 0.15) is 5.78 Å². The van der Waals surface area contributed by atoms with Crippen LogP contribution in [0.5, 0.6) is 0 Å². The van der Waals surface area contributed by atoms with Crippen molar-refractivity contribution < 1.29 is 4.79 Å². The van der Waals surface area contributed by atoms with E-state index in [9.17, 15) is 4.79 Å². The van der Waals surface area contributed by atoms with Gasteiger partial charge in [-0.05, 0) is 22.8 Å². The van der Waals surface area contributed by atoms with Gasteiger partial charge in [-0.25, -0.2) is 4.68 Å². The molecule has 1 aromatic heterocycles. The van der Waals surface area contributed by atoms with Crippen molar-refractivity contribution in [3.05, 3.63) is 5.82 Å². The monoisotopic (exact) mass is 208 g/mol. The van der Waals surface area contributed by atoms with Crippen molar-refractivity contribution in [1.82, 2.24) is 20.2 Å². The van der Waals surface area contributed by atoms with Crippen LogP contribution in [0.3, 0.4) is 0 Å². The lowest BCUT2D eigenvalue weighted by Crippen LogP contribution is -2.25. The summed E-state index contributed by atoms with van der Waals surface area (Å²) in [5, 5.41) is 11.5. The summed E-state index contributed by atoms with van der Waals surface area (Å²) in [4.78, 5) is 11.5. The first-order valence-corrected chi connectivity index (χ1v) is 5.46. The number of hydrogen-bond donors (Lipinski definition) is 0. The highest BCUT2D eigenvalue weighted by molar-refractivity contribution is 5.80. The topological polar surface area (TPSA) is 60.7 Å². The van der Waals surface area contributed by atoms with E-state index >= 15 is 0 Å². The fourth-order valence-electron chi connectivity index (χ4n) is 2.40. The molecule has 1 aliphatic carbocycles. The van der Waals surface area contributed by atoms with Crippen molar-refractivity contribution in [3.8, 4) is 0 Å². The average molecular weight is 208 g/mol. The lowest BCUT2D eigenvalue weighted by molar-refractivity contribution is -0.121. The lowest BCUT2D eigenvalue weighted by Gasteiger charge is -2.28. The molecule has 0 amide bonds. The molecule has 1 fully saturated rings. The van der Waals surface area contributed by atoms with E-state index in [1.165, 1.54) is 0 Å². The Labute approximate surface area is 88.9 Å². The zero-order valence-corrected chi connectivity index (χ0v) is 9.18. The quantitative estimate of drug-likeness (QED) is 0.729. The molecule has 2 atom stereocenters. The summed E-state index contributed by atoms with van der Waals surface area (Å²) in [7, 11) is 1.83. The summed E-state index contributed by atoms with van der Waals surface area (Å²) >= 11 is 0. The zero-order valence-electron chi connectivity index (χ0n) is 9.18. The number of Topliss-reactive ketones (excluding diaryl/α,β-unsaturated/α-hetero) is 1. The molecule has 0 bridgehead atoms. The molecule has 82 valence electrons. The minimum Gasteiger partial charge on any atom is -0.300 e. The zero-order chi connectivity index (χ0) is 10.8. The Balaban J connectivity index is 2.24. The maximum absolute atomic E-state index is 11.5. The number of carbonyl (C=O) groups excluding carboxylic acids is 1. The summed E-state index contributed by atoms with van der Waals surface area (Å²) in [5.41, 5.74) is 0. The molecule has 5 nitrogen and oxygen atoms in total. The molecule has 1 saturated carbocycles. The van der Waals surface area contributed by atoms with Crippen molar-refractivity contribution in [2.45, 2.75) is 38.5 Å². The Morgan fingerprint density at radius 2 is 2.33 bits per heavy atom. The van der Waals surface area contributed by atoms with Crippen LogP contribution in [0.25, 0.3) is 0 Å². The van der Waals surface area contributed by atoms with Crippen LogP contribution in [0.2, 0.25) is 0 Å². The predicted molar refractivity (Wildman–Crippen MR) is 54.2 cm³/mol. The van der Waals surface area contributed by atoms with Crippen molar-refractivity contribution >= 4 is 5.78 Å². The average Bonchev–Trinajstić information content (AvgIpc) is 2.64. The third kappa shape index (κ3) is 1.91. The largest absolute Gasteiger partial charge is 0.300 e. The van der Waals surface area contributed by atoms with Crippen molar-refractivity contribution in [2.24, 2.45) is 13.0 Å². The Morgan fingerprint density at radius 1 is 1.53 bits per heavy atom. The summed E-state index contributed by atoms with van der Waals surface area (Å²) in [5.74, 6) is 1.96. The second-order valence-electron chi connectivity index (χ2n) is 4.22.